The van der Waals surface area contributed by atoms with Crippen molar-refractivity contribution in [2.45, 2.75) is 20.5 Å². The normalized spacial score (nSPS) is 10.3. The second-order valence-corrected chi connectivity index (χ2v) is 7.14. The smallest absolute Gasteiger partial charge is 0.338 e. The highest BCUT2D eigenvalue weighted by molar-refractivity contribution is 5.95. The number of rotatable bonds is 8. The third-order valence-electron chi connectivity index (χ3n) is 4.48. The first kappa shape index (κ1) is 21.9. The van der Waals surface area contributed by atoms with Crippen LogP contribution in [0.1, 0.15) is 27.0 Å². The van der Waals surface area contributed by atoms with Crippen LogP contribution >= 0.6 is 0 Å². The van der Waals surface area contributed by atoms with Gasteiger partial charge in [-0.05, 0) is 60.9 Å². The van der Waals surface area contributed by atoms with Crippen molar-refractivity contribution < 1.29 is 23.8 Å². The van der Waals surface area contributed by atoms with Crippen LogP contribution in [0, 0.1) is 13.8 Å². The van der Waals surface area contributed by atoms with Crippen LogP contribution in [0.5, 0.6) is 11.5 Å². The van der Waals surface area contributed by atoms with Gasteiger partial charge in [-0.2, -0.15) is 0 Å². The molecule has 0 saturated heterocycles. The van der Waals surface area contributed by atoms with Crippen molar-refractivity contribution in [2.75, 3.05) is 19.0 Å². The van der Waals surface area contributed by atoms with E-state index in [4.69, 9.17) is 14.2 Å². The summed E-state index contributed by atoms with van der Waals surface area (Å²) in [6, 6.07) is 20.2. The number of hydrogen-bond acceptors (Lipinski definition) is 5. The number of esters is 1. The van der Waals surface area contributed by atoms with Crippen LogP contribution in [0.25, 0.3) is 0 Å². The Morgan fingerprint density at radius 2 is 1.58 bits per heavy atom. The number of aryl methyl sites for hydroxylation is 2. The third-order valence-corrected chi connectivity index (χ3v) is 4.48. The Labute approximate surface area is 181 Å². The highest BCUT2D eigenvalue weighted by Crippen LogP contribution is 2.29. The Bertz CT molecular complexity index is 1040. The lowest BCUT2D eigenvalue weighted by molar-refractivity contribution is -0.119. The lowest BCUT2D eigenvalue weighted by Crippen LogP contribution is -2.21. The lowest BCUT2D eigenvalue weighted by Gasteiger charge is -2.12. The molecule has 3 aromatic carbocycles. The summed E-state index contributed by atoms with van der Waals surface area (Å²) in [5.41, 5.74) is 4.02. The summed E-state index contributed by atoms with van der Waals surface area (Å²) in [5.74, 6) is -0.114. The van der Waals surface area contributed by atoms with Gasteiger partial charge in [0.25, 0.3) is 5.91 Å². The van der Waals surface area contributed by atoms with Crippen LogP contribution in [-0.2, 0) is 16.1 Å². The Hall–Kier alpha value is -3.80. The second-order valence-electron chi connectivity index (χ2n) is 7.14. The molecular weight excluding hydrogens is 394 g/mol. The average molecular weight is 419 g/mol. The molecule has 0 aliphatic rings. The van der Waals surface area contributed by atoms with Gasteiger partial charge in [0.1, 0.15) is 6.61 Å². The molecule has 6 nitrogen and oxygen atoms in total. The van der Waals surface area contributed by atoms with Crippen LogP contribution in [0.2, 0.25) is 0 Å². The largest absolute Gasteiger partial charge is 0.493 e. The van der Waals surface area contributed by atoms with E-state index in [-0.39, 0.29) is 12.2 Å². The summed E-state index contributed by atoms with van der Waals surface area (Å²) in [7, 11) is 1.50. The van der Waals surface area contributed by atoms with Crippen molar-refractivity contribution in [2.24, 2.45) is 0 Å². The number of amides is 1. The fourth-order valence-electron chi connectivity index (χ4n) is 3.11. The van der Waals surface area contributed by atoms with Crippen molar-refractivity contribution in [3.05, 3.63) is 89.0 Å². The summed E-state index contributed by atoms with van der Waals surface area (Å²) < 4.78 is 16.3. The van der Waals surface area contributed by atoms with E-state index in [1.165, 1.54) is 13.2 Å². The molecule has 0 saturated carbocycles. The van der Waals surface area contributed by atoms with Gasteiger partial charge in [0.15, 0.2) is 18.1 Å². The molecule has 0 fully saturated rings. The fraction of sp³-hybridized carbons (Fsp3) is 0.200. The monoisotopic (exact) mass is 419 g/mol. The lowest BCUT2D eigenvalue weighted by atomic mass is 10.1. The van der Waals surface area contributed by atoms with E-state index in [0.717, 1.165) is 16.7 Å². The number of benzene rings is 3. The maximum atomic E-state index is 12.4. The zero-order chi connectivity index (χ0) is 22.2. The van der Waals surface area contributed by atoms with Crippen molar-refractivity contribution in [3.63, 3.8) is 0 Å². The highest BCUT2D eigenvalue weighted by atomic mass is 16.5. The quantitative estimate of drug-likeness (QED) is 0.537. The molecule has 0 radical (unpaired) electrons. The molecule has 1 N–H and O–H groups in total. The molecule has 6 heteroatoms. The molecule has 3 rings (SSSR count). The minimum atomic E-state index is -0.622. The first-order valence-corrected chi connectivity index (χ1v) is 9.84. The number of ether oxygens (including phenoxy) is 3. The minimum absolute atomic E-state index is 0.267. The van der Waals surface area contributed by atoms with Gasteiger partial charge in [-0.1, -0.05) is 36.4 Å². The Kier molecular flexibility index (Phi) is 7.27. The highest BCUT2D eigenvalue weighted by Gasteiger charge is 2.14. The van der Waals surface area contributed by atoms with Gasteiger partial charge in [0.2, 0.25) is 0 Å². The molecule has 31 heavy (non-hydrogen) atoms. The van der Waals surface area contributed by atoms with Gasteiger partial charge in [-0.25, -0.2) is 4.79 Å². The van der Waals surface area contributed by atoms with E-state index in [1.807, 2.05) is 62.4 Å². The molecule has 0 aromatic heterocycles. The average Bonchev–Trinajstić information content (AvgIpc) is 2.76. The van der Waals surface area contributed by atoms with Crippen LogP contribution in [0.15, 0.2) is 66.7 Å². The van der Waals surface area contributed by atoms with E-state index in [9.17, 15) is 9.59 Å². The molecule has 160 valence electrons. The molecular formula is C25H25NO5. The molecule has 0 aliphatic heterocycles. The second kappa shape index (κ2) is 10.3. The summed E-state index contributed by atoms with van der Waals surface area (Å²) in [5, 5.41) is 2.73. The molecule has 0 spiro atoms. The number of anilines is 1. The summed E-state index contributed by atoms with van der Waals surface area (Å²) in [4.78, 5) is 24.5. The predicted octanol–water partition coefficient (Wildman–Crippen LogP) is 4.69. The molecule has 1 amide bonds. The van der Waals surface area contributed by atoms with E-state index in [1.54, 1.807) is 12.1 Å². The molecule has 3 aromatic rings. The van der Waals surface area contributed by atoms with E-state index in [0.29, 0.717) is 23.8 Å². The van der Waals surface area contributed by atoms with Crippen molar-refractivity contribution in [3.8, 4) is 11.5 Å². The Balaban J connectivity index is 1.57. The molecule has 0 unspecified atom stereocenters. The zero-order valence-electron chi connectivity index (χ0n) is 17.8. The molecule has 0 atom stereocenters. The third kappa shape index (κ3) is 6.34. The van der Waals surface area contributed by atoms with E-state index in [2.05, 4.69) is 5.32 Å². The van der Waals surface area contributed by atoms with Gasteiger partial charge >= 0.3 is 5.97 Å². The number of nitrogens with one attached hydrogen (secondary N) is 1. The van der Waals surface area contributed by atoms with Gasteiger partial charge in [-0.3, -0.25) is 4.79 Å². The first-order valence-electron chi connectivity index (χ1n) is 9.84. The maximum absolute atomic E-state index is 12.4. The van der Waals surface area contributed by atoms with Gasteiger partial charge < -0.3 is 19.5 Å². The minimum Gasteiger partial charge on any atom is -0.493 e. The molecule has 0 heterocycles. The Morgan fingerprint density at radius 1 is 0.871 bits per heavy atom. The number of carbonyl (C=O) groups is 2. The van der Waals surface area contributed by atoms with Gasteiger partial charge in [0, 0.05) is 5.69 Å². The van der Waals surface area contributed by atoms with Gasteiger partial charge in [0.05, 0.1) is 12.7 Å². The van der Waals surface area contributed by atoms with Crippen LogP contribution in [0.4, 0.5) is 5.69 Å². The van der Waals surface area contributed by atoms with Crippen LogP contribution < -0.4 is 14.8 Å². The zero-order valence-corrected chi connectivity index (χ0v) is 17.8. The first-order chi connectivity index (χ1) is 14.9. The summed E-state index contributed by atoms with van der Waals surface area (Å²) >= 11 is 0. The topological polar surface area (TPSA) is 73.9 Å². The van der Waals surface area contributed by atoms with Crippen molar-refractivity contribution >= 4 is 17.6 Å². The SMILES string of the molecule is COc1cc(C(=O)OCC(=O)Nc2cc(C)cc(C)c2)ccc1OCc1ccccc1. The summed E-state index contributed by atoms with van der Waals surface area (Å²) in [6.45, 7) is 3.88. The maximum Gasteiger partial charge on any atom is 0.338 e. The number of methoxy groups -OCH3 is 1. The Morgan fingerprint density at radius 3 is 2.26 bits per heavy atom. The van der Waals surface area contributed by atoms with Gasteiger partial charge in [-0.15, -0.1) is 0 Å². The van der Waals surface area contributed by atoms with Crippen molar-refractivity contribution in [1.29, 1.82) is 0 Å². The predicted molar refractivity (Wildman–Crippen MR) is 119 cm³/mol. The fourth-order valence-corrected chi connectivity index (χ4v) is 3.11. The standard InChI is InChI=1S/C25H25NO5/c1-17-11-18(2)13-21(12-17)26-24(27)16-31-25(28)20-9-10-22(23(14-20)29-3)30-15-19-7-5-4-6-8-19/h4-14H,15-16H2,1-3H3,(H,26,27). The van der Waals surface area contributed by atoms with Crippen LogP contribution in [0.3, 0.4) is 0 Å². The molecule has 0 aliphatic carbocycles. The van der Waals surface area contributed by atoms with Crippen molar-refractivity contribution in [1.82, 2.24) is 0 Å². The van der Waals surface area contributed by atoms with E-state index >= 15 is 0 Å². The summed E-state index contributed by atoms with van der Waals surface area (Å²) in [6.07, 6.45) is 0. The number of carbonyl (C=O) groups excluding carboxylic acids is 2. The number of hydrogen-bond donors (Lipinski definition) is 1. The van der Waals surface area contributed by atoms with Crippen LogP contribution in [-0.4, -0.2) is 25.6 Å². The van der Waals surface area contributed by atoms with E-state index < -0.39 is 11.9 Å². The molecule has 0 bridgehead atoms.